The van der Waals surface area contributed by atoms with E-state index in [1.165, 1.54) is 17.3 Å². The third-order valence-electron chi connectivity index (χ3n) is 6.36. The van der Waals surface area contributed by atoms with Crippen molar-refractivity contribution < 1.29 is 15.0 Å². The van der Waals surface area contributed by atoms with Crippen molar-refractivity contribution in [1.82, 2.24) is 14.8 Å². The second-order valence-corrected chi connectivity index (χ2v) is 7.96. The Kier molecular flexibility index (Phi) is 4.84. The van der Waals surface area contributed by atoms with Crippen LogP contribution in [-0.2, 0) is 17.8 Å². The standard InChI is InChI=1S/C19H24ClN3O3/c1-3-18(10-14-4-6-15(20)7-5-14)9-8-17(2,16(24)25)19(18,26)11-23-13-21-12-22-23/h4-7,12-13,26H,3,8-11H2,1-2H3,(H,24,25). The van der Waals surface area contributed by atoms with E-state index >= 15 is 0 Å². The molecule has 3 atom stereocenters. The van der Waals surface area contributed by atoms with Crippen LogP contribution in [0.25, 0.3) is 0 Å². The molecule has 3 rings (SSSR count). The summed E-state index contributed by atoms with van der Waals surface area (Å²) >= 11 is 5.99. The first-order valence-corrected chi connectivity index (χ1v) is 9.17. The molecule has 1 fully saturated rings. The number of carboxylic acid groups (broad SMARTS) is 1. The molecule has 1 saturated carbocycles. The topological polar surface area (TPSA) is 88.2 Å². The Labute approximate surface area is 157 Å². The smallest absolute Gasteiger partial charge is 0.312 e. The quantitative estimate of drug-likeness (QED) is 0.807. The van der Waals surface area contributed by atoms with Crippen LogP contribution in [-0.4, -0.2) is 36.5 Å². The molecule has 0 spiro atoms. The van der Waals surface area contributed by atoms with Crippen LogP contribution in [0.15, 0.2) is 36.9 Å². The van der Waals surface area contributed by atoms with Crippen molar-refractivity contribution in [3.63, 3.8) is 0 Å². The van der Waals surface area contributed by atoms with Crippen molar-refractivity contribution >= 4 is 17.6 Å². The molecule has 1 aliphatic carbocycles. The summed E-state index contributed by atoms with van der Waals surface area (Å²) in [5, 5.41) is 26.6. The molecule has 140 valence electrons. The van der Waals surface area contributed by atoms with Crippen molar-refractivity contribution in [2.45, 2.75) is 51.7 Å². The zero-order chi connectivity index (χ0) is 19.0. The molecular weight excluding hydrogens is 354 g/mol. The van der Waals surface area contributed by atoms with Gasteiger partial charge in [-0.2, -0.15) is 5.10 Å². The van der Waals surface area contributed by atoms with E-state index in [4.69, 9.17) is 11.6 Å². The van der Waals surface area contributed by atoms with Crippen molar-refractivity contribution in [1.29, 1.82) is 0 Å². The Morgan fingerprint density at radius 2 is 2.00 bits per heavy atom. The summed E-state index contributed by atoms with van der Waals surface area (Å²) in [5.74, 6) is -0.980. The third kappa shape index (κ3) is 2.81. The molecule has 0 bridgehead atoms. The summed E-state index contributed by atoms with van der Waals surface area (Å²) in [7, 11) is 0. The van der Waals surface area contributed by atoms with Crippen molar-refractivity contribution in [3.05, 3.63) is 47.5 Å². The first-order valence-electron chi connectivity index (χ1n) is 8.79. The van der Waals surface area contributed by atoms with Crippen LogP contribution in [0.1, 0.15) is 38.7 Å². The minimum Gasteiger partial charge on any atom is -0.481 e. The molecule has 1 heterocycles. The van der Waals surface area contributed by atoms with Gasteiger partial charge in [0.1, 0.15) is 18.3 Å². The lowest BCUT2D eigenvalue weighted by molar-refractivity contribution is -0.181. The van der Waals surface area contributed by atoms with Gasteiger partial charge in [0.05, 0.1) is 12.0 Å². The molecule has 7 heteroatoms. The van der Waals surface area contributed by atoms with E-state index in [9.17, 15) is 15.0 Å². The summed E-state index contributed by atoms with van der Waals surface area (Å²) in [4.78, 5) is 16.1. The van der Waals surface area contributed by atoms with Gasteiger partial charge >= 0.3 is 5.97 Å². The number of hydrogen-bond donors (Lipinski definition) is 2. The summed E-state index contributed by atoms with van der Waals surface area (Å²) < 4.78 is 1.53. The Morgan fingerprint density at radius 1 is 1.31 bits per heavy atom. The number of benzene rings is 1. The highest BCUT2D eigenvalue weighted by Gasteiger charge is 2.67. The molecular formula is C19H24ClN3O3. The van der Waals surface area contributed by atoms with Crippen LogP contribution in [0.4, 0.5) is 0 Å². The summed E-state index contributed by atoms with van der Waals surface area (Å²) in [6, 6.07) is 7.52. The van der Waals surface area contributed by atoms with Gasteiger partial charge in [-0.3, -0.25) is 9.48 Å². The first kappa shape index (κ1) is 18.9. The zero-order valence-electron chi connectivity index (χ0n) is 15.0. The SMILES string of the molecule is CCC1(Cc2ccc(Cl)cc2)CCC(C)(C(=O)O)C1(O)Cn1cncn1. The molecule has 1 aliphatic rings. The first-order chi connectivity index (χ1) is 12.3. The average molecular weight is 378 g/mol. The molecule has 2 N–H and O–H groups in total. The molecule has 6 nitrogen and oxygen atoms in total. The Hall–Kier alpha value is -1.92. The van der Waals surface area contributed by atoms with E-state index in [-0.39, 0.29) is 6.54 Å². The van der Waals surface area contributed by atoms with Crippen molar-refractivity contribution in [2.75, 3.05) is 0 Å². The maximum atomic E-state index is 12.1. The highest BCUT2D eigenvalue weighted by atomic mass is 35.5. The highest BCUT2D eigenvalue weighted by Crippen LogP contribution is 2.60. The largest absolute Gasteiger partial charge is 0.481 e. The Bertz CT molecular complexity index is 780. The fraction of sp³-hybridized carbons (Fsp3) is 0.526. The van der Waals surface area contributed by atoms with E-state index in [1.807, 2.05) is 31.2 Å². The fourth-order valence-electron chi connectivity index (χ4n) is 4.48. The predicted octanol–water partition coefficient (Wildman–Crippen LogP) is 3.19. The summed E-state index contributed by atoms with van der Waals surface area (Å²) in [5.41, 5.74) is -2.28. The number of carboxylic acids is 1. The van der Waals surface area contributed by atoms with Gasteiger partial charge in [-0.15, -0.1) is 0 Å². The van der Waals surface area contributed by atoms with Crippen LogP contribution in [0, 0.1) is 10.8 Å². The number of nitrogens with zero attached hydrogens (tertiary/aromatic N) is 3. The molecule has 1 aromatic carbocycles. The number of aliphatic hydroxyl groups is 1. The predicted molar refractivity (Wildman–Crippen MR) is 97.8 cm³/mol. The lowest BCUT2D eigenvalue weighted by Crippen LogP contribution is -2.59. The van der Waals surface area contributed by atoms with Gasteiger partial charge in [0, 0.05) is 10.4 Å². The van der Waals surface area contributed by atoms with Gasteiger partial charge in [0.15, 0.2) is 0 Å². The molecule has 2 aromatic rings. The fourth-order valence-corrected chi connectivity index (χ4v) is 4.61. The van der Waals surface area contributed by atoms with Crippen molar-refractivity contribution in [3.8, 4) is 0 Å². The van der Waals surface area contributed by atoms with Crippen LogP contribution < -0.4 is 0 Å². The number of hydrogen-bond acceptors (Lipinski definition) is 4. The molecule has 0 aliphatic heterocycles. The van der Waals surface area contributed by atoms with Gasteiger partial charge in [-0.25, -0.2) is 4.98 Å². The minimum atomic E-state index is -1.46. The van der Waals surface area contributed by atoms with E-state index in [0.29, 0.717) is 30.7 Å². The van der Waals surface area contributed by atoms with Crippen LogP contribution in [0.2, 0.25) is 5.02 Å². The van der Waals surface area contributed by atoms with E-state index in [0.717, 1.165) is 5.56 Å². The van der Waals surface area contributed by atoms with Gasteiger partial charge in [0.25, 0.3) is 0 Å². The Morgan fingerprint density at radius 3 is 2.54 bits per heavy atom. The molecule has 0 radical (unpaired) electrons. The average Bonchev–Trinajstić information content (AvgIpc) is 3.19. The number of halogens is 1. The molecule has 26 heavy (non-hydrogen) atoms. The van der Waals surface area contributed by atoms with Gasteiger partial charge in [-0.1, -0.05) is 30.7 Å². The van der Waals surface area contributed by atoms with Crippen LogP contribution >= 0.6 is 11.6 Å². The van der Waals surface area contributed by atoms with E-state index in [1.54, 1.807) is 6.92 Å². The number of rotatable bonds is 6. The third-order valence-corrected chi connectivity index (χ3v) is 6.61. The van der Waals surface area contributed by atoms with Crippen molar-refractivity contribution in [2.24, 2.45) is 10.8 Å². The maximum Gasteiger partial charge on any atom is 0.312 e. The van der Waals surface area contributed by atoms with E-state index < -0.39 is 22.4 Å². The molecule has 0 amide bonds. The summed E-state index contributed by atoms with van der Waals surface area (Å²) in [6.07, 6.45) is 5.18. The van der Waals surface area contributed by atoms with Crippen LogP contribution in [0.5, 0.6) is 0 Å². The highest BCUT2D eigenvalue weighted by molar-refractivity contribution is 6.30. The molecule has 0 saturated heterocycles. The monoisotopic (exact) mass is 377 g/mol. The normalized spacial score (nSPS) is 31.2. The minimum absolute atomic E-state index is 0.0945. The number of aromatic nitrogens is 3. The van der Waals surface area contributed by atoms with Crippen LogP contribution in [0.3, 0.4) is 0 Å². The molecule has 3 unspecified atom stereocenters. The number of aliphatic carboxylic acids is 1. The van der Waals surface area contributed by atoms with Gasteiger partial charge < -0.3 is 10.2 Å². The van der Waals surface area contributed by atoms with Gasteiger partial charge in [-0.05, 0) is 50.3 Å². The maximum absolute atomic E-state index is 12.1. The lowest BCUT2D eigenvalue weighted by Gasteiger charge is -2.47. The van der Waals surface area contributed by atoms with E-state index in [2.05, 4.69) is 10.1 Å². The zero-order valence-corrected chi connectivity index (χ0v) is 15.8. The number of carbonyl (C=O) groups is 1. The lowest BCUT2D eigenvalue weighted by atomic mass is 9.61. The molecule has 1 aromatic heterocycles. The second kappa shape index (κ2) is 6.67. The summed E-state index contributed by atoms with van der Waals surface area (Å²) in [6.45, 7) is 3.75. The van der Waals surface area contributed by atoms with Gasteiger partial charge in [0.2, 0.25) is 0 Å². The second-order valence-electron chi connectivity index (χ2n) is 7.53. The Balaban J connectivity index is 2.06.